The number of β-amino-alcohol motifs (C(OH)–C–C–N with tert-alkyl or cyclic N) is 1. The van der Waals surface area contributed by atoms with Gasteiger partial charge in [0, 0.05) is 24.2 Å². The molecule has 0 radical (unpaired) electrons. The molecular weight excluding hydrogens is 298 g/mol. The van der Waals surface area contributed by atoms with Crippen LogP contribution in [-0.4, -0.2) is 29.2 Å². The molecule has 1 saturated carbocycles. The van der Waals surface area contributed by atoms with Gasteiger partial charge in [-0.1, -0.05) is 43.2 Å². The summed E-state index contributed by atoms with van der Waals surface area (Å²) in [6, 6.07) is 14.4. The van der Waals surface area contributed by atoms with Crippen molar-refractivity contribution >= 4 is 5.70 Å². The molecule has 4 heteroatoms. The van der Waals surface area contributed by atoms with E-state index < -0.39 is 0 Å². The van der Waals surface area contributed by atoms with Crippen LogP contribution < -0.4 is 0 Å². The molecule has 1 aliphatic heterocycles. The van der Waals surface area contributed by atoms with Crippen molar-refractivity contribution in [2.24, 2.45) is 5.92 Å². The van der Waals surface area contributed by atoms with Crippen LogP contribution >= 0.6 is 0 Å². The van der Waals surface area contributed by atoms with Crippen molar-refractivity contribution in [3.63, 3.8) is 0 Å². The van der Waals surface area contributed by atoms with Crippen LogP contribution in [0.3, 0.4) is 0 Å². The predicted octanol–water partition coefficient (Wildman–Crippen LogP) is 3.24. The third kappa shape index (κ3) is 2.94. The second-order valence-corrected chi connectivity index (χ2v) is 6.32. The summed E-state index contributed by atoms with van der Waals surface area (Å²) in [5.74, 6) is 0.201. The van der Waals surface area contributed by atoms with Gasteiger partial charge in [0.1, 0.15) is 17.7 Å². The zero-order valence-electron chi connectivity index (χ0n) is 13.7. The summed E-state index contributed by atoms with van der Waals surface area (Å²) in [4.78, 5) is 2.27. The minimum atomic E-state index is 0.0931. The number of fused-ring (bicyclic) bond motifs is 1. The molecule has 1 aromatic rings. The van der Waals surface area contributed by atoms with Crippen molar-refractivity contribution in [2.45, 2.75) is 31.7 Å². The summed E-state index contributed by atoms with van der Waals surface area (Å²) in [7, 11) is 0. The van der Waals surface area contributed by atoms with Gasteiger partial charge in [0.15, 0.2) is 0 Å². The molecule has 4 nitrogen and oxygen atoms in total. The molecule has 2 aliphatic rings. The molecule has 1 aliphatic carbocycles. The Labute approximate surface area is 142 Å². The third-order valence-electron chi connectivity index (χ3n) is 5.05. The van der Waals surface area contributed by atoms with Crippen LogP contribution in [-0.2, 0) is 0 Å². The molecule has 122 valence electrons. The van der Waals surface area contributed by atoms with E-state index in [1.807, 2.05) is 36.4 Å². The number of allylic oxidation sites excluding steroid dienone is 2. The van der Waals surface area contributed by atoms with Gasteiger partial charge in [-0.15, -0.1) is 0 Å². The van der Waals surface area contributed by atoms with Gasteiger partial charge in [-0.05, 0) is 30.1 Å². The molecule has 0 aromatic heterocycles. The Bertz CT molecular complexity index is 720. The van der Waals surface area contributed by atoms with Crippen molar-refractivity contribution in [2.75, 3.05) is 13.2 Å². The van der Waals surface area contributed by atoms with Crippen LogP contribution in [0.4, 0.5) is 0 Å². The molecular formula is C20H21N3O. The van der Waals surface area contributed by atoms with Gasteiger partial charge in [-0.3, -0.25) is 0 Å². The first kappa shape index (κ1) is 16.3. The first-order chi connectivity index (χ1) is 11.8. The molecule has 24 heavy (non-hydrogen) atoms. The number of hydrogen-bond donors (Lipinski definition) is 1. The van der Waals surface area contributed by atoms with Gasteiger partial charge in [0.25, 0.3) is 0 Å². The number of hydrogen-bond acceptors (Lipinski definition) is 4. The fourth-order valence-corrected chi connectivity index (χ4v) is 4.03. The van der Waals surface area contributed by atoms with E-state index in [0.29, 0.717) is 6.54 Å². The zero-order chi connectivity index (χ0) is 16.9. The van der Waals surface area contributed by atoms with E-state index in [9.17, 15) is 15.6 Å². The largest absolute Gasteiger partial charge is 0.395 e. The third-order valence-corrected chi connectivity index (χ3v) is 5.05. The second-order valence-electron chi connectivity index (χ2n) is 6.32. The quantitative estimate of drug-likeness (QED) is 0.868. The van der Waals surface area contributed by atoms with Crippen molar-refractivity contribution < 1.29 is 5.11 Å². The summed E-state index contributed by atoms with van der Waals surface area (Å²) < 4.78 is 0. The highest BCUT2D eigenvalue weighted by molar-refractivity contribution is 5.70. The lowest BCUT2D eigenvalue weighted by Gasteiger charge is -2.46. The molecule has 3 rings (SSSR count). The molecule has 1 aromatic carbocycles. The predicted molar refractivity (Wildman–Crippen MR) is 92.2 cm³/mol. The Balaban J connectivity index is 2.17. The van der Waals surface area contributed by atoms with Gasteiger partial charge in [-0.25, -0.2) is 0 Å². The van der Waals surface area contributed by atoms with E-state index in [1.54, 1.807) is 0 Å². The number of rotatable bonds is 3. The normalized spacial score (nSPS) is 22.9. The van der Waals surface area contributed by atoms with Crippen molar-refractivity contribution in [1.82, 2.24) is 4.90 Å². The molecule has 2 atom stereocenters. The average Bonchev–Trinajstić information content (AvgIpc) is 2.65. The summed E-state index contributed by atoms with van der Waals surface area (Å²) in [5.41, 5.74) is 3.16. The number of nitriles is 2. The van der Waals surface area contributed by atoms with E-state index in [-0.39, 0.29) is 24.1 Å². The fraction of sp³-hybridized carbons (Fsp3) is 0.400. The maximum atomic E-state index is 9.56. The van der Waals surface area contributed by atoms with E-state index in [2.05, 4.69) is 17.0 Å². The first-order valence-corrected chi connectivity index (χ1v) is 8.49. The van der Waals surface area contributed by atoms with Crippen molar-refractivity contribution in [3.8, 4) is 12.1 Å². The Morgan fingerprint density at radius 1 is 1.12 bits per heavy atom. The van der Waals surface area contributed by atoms with Crippen LogP contribution in [0, 0.1) is 28.6 Å². The lowest BCUT2D eigenvalue weighted by Crippen LogP contribution is -2.46. The van der Waals surface area contributed by atoms with Gasteiger partial charge in [-0.2, -0.15) is 10.5 Å². The standard InChI is InChI=1S/C20H21N3O/c21-13-16(14-22)18-12-20(15-6-2-1-3-7-15)23(10-11-24)19-9-5-4-8-17(18)19/h1-3,6-7,12,17,19,24H,4-5,8-11H2/t17-,19-/m1/s1. The summed E-state index contributed by atoms with van der Waals surface area (Å²) in [5, 5.41) is 28.3. The Hall–Kier alpha value is -2.56. The average molecular weight is 319 g/mol. The van der Waals surface area contributed by atoms with E-state index in [1.165, 1.54) is 0 Å². The number of benzene rings is 1. The first-order valence-electron chi connectivity index (χ1n) is 8.49. The molecule has 1 N–H and O–H groups in total. The Kier molecular flexibility index (Phi) is 4.99. The molecule has 0 bridgehead atoms. The number of nitrogens with zero attached hydrogens (tertiary/aromatic N) is 3. The Morgan fingerprint density at radius 3 is 2.50 bits per heavy atom. The topological polar surface area (TPSA) is 71.0 Å². The van der Waals surface area contributed by atoms with Gasteiger partial charge in [0.2, 0.25) is 0 Å². The molecule has 0 unspecified atom stereocenters. The summed E-state index contributed by atoms with van der Waals surface area (Å²) in [6.07, 6.45) is 6.29. The molecule has 1 fully saturated rings. The minimum Gasteiger partial charge on any atom is -0.395 e. The molecule has 0 amide bonds. The zero-order valence-corrected chi connectivity index (χ0v) is 13.7. The van der Waals surface area contributed by atoms with Gasteiger partial charge >= 0.3 is 0 Å². The fourth-order valence-electron chi connectivity index (χ4n) is 4.03. The van der Waals surface area contributed by atoms with Crippen LogP contribution in [0.1, 0.15) is 31.2 Å². The second kappa shape index (κ2) is 7.34. The van der Waals surface area contributed by atoms with Gasteiger partial charge in [0.05, 0.1) is 6.61 Å². The van der Waals surface area contributed by atoms with E-state index in [4.69, 9.17) is 0 Å². The SMILES string of the molecule is N#CC(C#N)=C1C=C(c2ccccc2)N(CCO)[C@@H]2CCCC[C@H]12. The maximum absolute atomic E-state index is 9.56. The van der Waals surface area contributed by atoms with Crippen molar-refractivity contribution in [3.05, 3.63) is 53.1 Å². The number of aliphatic hydroxyl groups excluding tert-OH is 1. The summed E-state index contributed by atoms with van der Waals surface area (Å²) >= 11 is 0. The smallest absolute Gasteiger partial charge is 0.133 e. The molecule has 0 spiro atoms. The highest BCUT2D eigenvalue weighted by Crippen LogP contribution is 2.43. The summed E-state index contributed by atoms with van der Waals surface area (Å²) in [6.45, 7) is 0.666. The number of aliphatic hydroxyl groups is 1. The maximum Gasteiger partial charge on any atom is 0.133 e. The lowest BCUT2D eigenvalue weighted by atomic mass is 9.74. The Morgan fingerprint density at radius 2 is 1.83 bits per heavy atom. The minimum absolute atomic E-state index is 0.0931. The molecule has 0 saturated heterocycles. The van der Waals surface area contributed by atoms with Crippen LogP contribution in [0.2, 0.25) is 0 Å². The molecule has 1 heterocycles. The monoisotopic (exact) mass is 319 g/mol. The van der Waals surface area contributed by atoms with Crippen LogP contribution in [0.25, 0.3) is 5.70 Å². The van der Waals surface area contributed by atoms with E-state index >= 15 is 0 Å². The van der Waals surface area contributed by atoms with E-state index in [0.717, 1.165) is 42.5 Å². The van der Waals surface area contributed by atoms with Crippen molar-refractivity contribution in [1.29, 1.82) is 10.5 Å². The highest BCUT2D eigenvalue weighted by Gasteiger charge is 2.38. The van der Waals surface area contributed by atoms with Gasteiger partial charge < -0.3 is 10.0 Å². The highest BCUT2D eigenvalue weighted by atomic mass is 16.3. The van der Waals surface area contributed by atoms with Crippen LogP contribution in [0.15, 0.2) is 47.6 Å². The lowest BCUT2D eigenvalue weighted by molar-refractivity contribution is 0.145. The van der Waals surface area contributed by atoms with Crippen LogP contribution in [0.5, 0.6) is 0 Å².